The molecule has 0 amide bonds. The number of pyridine rings is 1. The Morgan fingerprint density at radius 3 is 2.82 bits per heavy atom. The summed E-state index contributed by atoms with van der Waals surface area (Å²) in [5, 5.41) is 3.54. The van der Waals surface area contributed by atoms with Crippen LogP contribution in [0.25, 0.3) is 10.8 Å². The Kier molecular flexibility index (Phi) is 3.02. The van der Waals surface area contributed by atoms with Gasteiger partial charge in [-0.2, -0.15) is 0 Å². The topological polar surface area (TPSA) is 16.1 Å². The van der Waals surface area contributed by atoms with Crippen molar-refractivity contribution < 1.29 is 0 Å². The summed E-state index contributed by atoms with van der Waals surface area (Å²) < 4.78 is 0. The van der Waals surface area contributed by atoms with Crippen LogP contribution in [-0.4, -0.2) is 22.9 Å². The average molecular weight is 291 g/mol. The van der Waals surface area contributed by atoms with Crippen LogP contribution in [0.5, 0.6) is 0 Å². The lowest BCUT2D eigenvalue weighted by molar-refractivity contribution is 0.821. The monoisotopic (exact) mass is 290 g/mol. The Bertz CT molecular complexity index is 517. The minimum atomic E-state index is 0.700. The van der Waals surface area contributed by atoms with Crippen LogP contribution in [0, 0.1) is 0 Å². The molecule has 0 aliphatic heterocycles. The van der Waals surface area contributed by atoms with Gasteiger partial charge in [0.1, 0.15) is 5.82 Å². The van der Waals surface area contributed by atoms with Crippen LogP contribution < -0.4 is 4.90 Å². The van der Waals surface area contributed by atoms with E-state index in [1.807, 2.05) is 6.20 Å². The van der Waals surface area contributed by atoms with Gasteiger partial charge in [0.05, 0.1) is 0 Å². The second kappa shape index (κ2) is 4.65. The van der Waals surface area contributed by atoms with E-state index in [2.05, 4.69) is 56.1 Å². The molecule has 0 radical (unpaired) electrons. The highest BCUT2D eigenvalue weighted by Crippen LogP contribution is 2.34. The van der Waals surface area contributed by atoms with E-state index in [0.29, 0.717) is 6.04 Å². The van der Waals surface area contributed by atoms with E-state index in [1.165, 1.54) is 23.6 Å². The molecule has 0 N–H and O–H groups in total. The van der Waals surface area contributed by atoms with Gasteiger partial charge in [0.2, 0.25) is 0 Å². The smallest absolute Gasteiger partial charge is 0.136 e. The molecule has 2 aromatic rings. The van der Waals surface area contributed by atoms with Crippen LogP contribution in [0.3, 0.4) is 0 Å². The van der Waals surface area contributed by atoms with E-state index >= 15 is 0 Å². The minimum absolute atomic E-state index is 0.700. The van der Waals surface area contributed by atoms with Gasteiger partial charge in [0.25, 0.3) is 0 Å². The first kappa shape index (κ1) is 11.0. The van der Waals surface area contributed by atoms with E-state index < -0.39 is 0 Å². The standard InChI is InChI=1S/C14H15BrN2/c15-8-10-17(12-5-6-12)14-13-4-2-1-3-11(13)7-9-16-14/h1-4,7,9,12H,5-6,8,10H2. The van der Waals surface area contributed by atoms with Gasteiger partial charge in [-0.05, 0) is 24.3 Å². The largest absolute Gasteiger partial charge is 0.352 e. The lowest BCUT2D eigenvalue weighted by Crippen LogP contribution is -2.28. The van der Waals surface area contributed by atoms with E-state index in [-0.39, 0.29) is 0 Å². The van der Waals surface area contributed by atoms with E-state index in [0.717, 1.165) is 17.7 Å². The number of benzene rings is 1. The van der Waals surface area contributed by atoms with Crippen LogP contribution in [0.2, 0.25) is 0 Å². The number of anilines is 1. The highest BCUT2D eigenvalue weighted by molar-refractivity contribution is 9.09. The Balaban J connectivity index is 2.08. The van der Waals surface area contributed by atoms with Gasteiger partial charge in [-0.1, -0.05) is 40.2 Å². The highest BCUT2D eigenvalue weighted by Gasteiger charge is 2.30. The average Bonchev–Trinajstić information content (AvgIpc) is 3.20. The molecule has 3 rings (SSSR count). The molecule has 1 heterocycles. The second-order valence-electron chi connectivity index (χ2n) is 4.47. The zero-order chi connectivity index (χ0) is 11.7. The zero-order valence-electron chi connectivity index (χ0n) is 9.64. The fourth-order valence-electron chi connectivity index (χ4n) is 2.27. The molecular formula is C14H15BrN2. The van der Waals surface area contributed by atoms with Crippen molar-refractivity contribution in [2.75, 3.05) is 16.8 Å². The van der Waals surface area contributed by atoms with Crippen molar-refractivity contribution >= 4 is 32.5 Å². The summed E-state index contributed by atoms with van der Waals surface area (Å²) in [7, 11) is 0. The fourth-order valence-corrected chi connectivity index (χ4v) is 2.65. The maximum absolute atomic E-state index is 4.59. The van der Waals surface area contributed by atoms with Gasteiger partial charge in [0, 0.05) is 29.5 Å². The third-order valence-electron chi connectivity index (χ3n) is 3.24. The minimum Gasteiger partial charge on any atom is -0.352 e. The van der Waals surface area contributed by atoms with Crippen LogP contribution in [-0.2, 0) is 0 Å². The quantitative estimate of drug-likeness (QED) is 0.800. The lowest BCUT2D eigenvalue weighted by atomic mass is 10.1. The molecular weight excluding hydrogens is 276 g/mol. The lowest BCUT2D eigenvalue weighted by Gasteiger charge is -2.23. The molecule has 1 aliphatic carbocycles. The molecule has 0 atom stereocenters. The van der Waals surface area contributed by atoms with Crippen LogP contribution in [0.1, 0.15) is 12.8 Å². The molecule has 1 aromatic heterocycles. The third kappa shape index (κ3) is 2.16. The first-order chi connectivity index (χ1) is 8.40. The highest BCUT2D eigenvalue weighted by atomic mass is 79.9. The van der Waals surface area contributed by atoms with Crippen LogP contribution >= 0.6 is 15.9 Å². The van der Waals surface area contributed by atoms with Gasteiger partial charge >= 0.3 is 0 Å². The molecule has 1 saturated carbocycles. The van der Waals surface area contributed by atoms with Crippen molar-refractivity contribution in [3.05, 3.63) is 36.5 Å². The molecule has 3 heteroatoms. The number of hydrogen-bond acceptors (Lipinski definition) is 2. The molecule has 0 bridgehead atoms. The summed E-state index contributed by atoms with van der Waals surface area (Å²) >= 11 is 3.54. The van der Waals surface area contributed by atoms with Crippen molar-refractivity contribution in [2.24, 2.45) is 0 Å². The molecule has 0 spiro atoms. The number of fused-ring (bicyclic) bond motifs is 1. The molecule has 88 valence electrons. The van der Waals surface area contributed by atoms with Crippen molar-refractivity contribution in [2.45, 2.75) is 18.9 Å². The number of hydrogen-bond donors (Lipinski definition) is 0. The van der Waals surface area contributed by atoms with E-state index in [9.17, 15) is 0 Å². The molecule has 0 unspecified atom stereocenters. The molecule has 1 fully saturated rings. The summed E-state index contributed by atoms with van der Waals surface area (Å²) in [6.07, 6.45) is 4.52. The number of aromatic nitrogens is 1. The number of nitrogens with zero attached hydrogens (tertiary/aromatic N) is 2. The normalized spacial score (nSPS) is 15.1. The van der Waals surface area contributed by atoms with Crippen molar-refractivity contribution in [1.29, 1.82) is 0 Å². The molecule has 17 heavy (non-hydrogen) atoms. The molecule has 1 aliphatic rings. The van der Waals surface area contributed by atoms with E-state index in [4.69, 9.17) is 0 Å². The molecule has 0 saturated heterocycles. The third-order valence-corrected chi connectivity index (χ3v) is 3.59. The van der Waals surface area contributed by atoms with Gasteiger partial charge in [0.15, 0.2) is 0 Å². The summed E-state index contributed by atoms with van der Waals surface area (Å²) in [4.78, 5) is 7.03. The molecule has 1 aromatic carbocycles. The van der Waals surface area contributed by atoms with Gasteiger partial charge in [-0.3, -0.25) is 0 Å². The first-order valence-electron chi connectivity index (χ1n) is 6.06. The van der Waals surface area contributed by atoms with Gasteiger partial charge in [-0.15, -0.1) is 0 Å². The summed E-state index contributed by atoms with van der Waals surface area (Å²) in [6.45, 7) is 1.03. The fraction of sp³-hybridized carbons (Fsp3) is 0.357. The number of halogens is 1. The zero-order valence-corrected chi connectivity index (χ0v) is 11.2. The second-order valence-corrected chi connectivity index (χ2v) is 5.26. The predicted octanol–water partition coefficient (Wildman–Crippen LogP) is 3.60. The summed E-state index contributed by atoms with van der Waals surface area (Å²) in [6, 6.07) is 11.3. The number of rotatable bonds is 4. The molecule has 2 nitrogen and oxygen atoms in total. The summed E-state index contributed by atoms with van der Waals surface area (Å²) in [5.41, 5.74) is 0. The van der Waals surface area contributed by atoms with Crippen molar-refractivity contribution in [3.8, 4) is 0 Å². The first-order valence-corrected chi connectivity index (χ1v) is 7.18. The SMILES string of the molecule is BrCCN(c1nccc2ccccc12)C1CC1. The predicted molar refractivity (Wildman–Crippen MR) is 75.9 cm³/mol. The van der Waals surface area contributed by atoms with Crippen molar-refractivity contribution in [1.82, 2.24) is 4.98 Å². The Morgan fingerprint density at radius 1 is 1.24 bits per heavy atom. The maximum atomic E-state index is 4.59. The Hall–Kier alpha value is -1.09. The van der Waals surface area contributed by atoms with E-state index in [1.54, 1.807) is 0 Å². The van der Waals surface area contributed by atoms with Crippen LogP contribution in [0.15, 0.2) is 36.5 Å². The Labute approximate surface area is 110 Å². The maximum Gasteiger partial charge on any atom is 0.136 e. The van der Waals surface area contributed by atoms with Gasteiger partial charge < -0.3 is 4.90 Å². The Morgan fingerprint density at radius 2 is 2.06 bits per heavy atom. The van der Waals surface area contributed by atoms with Gasteiger partial charge in [-0.25, -0.2) is 4.98 Å². The number of alkyl halides is 1. The van der Waals surface area contributed by atoms with Crippen LogP contribution in [0.4, 0.5) is 5.82 Å². The summed E-state index contributed by atoms with van der Waals surface area (Å²) in [5.74, 6) is 1.14. The van der Waals surface area contributed by atoms with Crippen molar-refractivity contribution in [3.63, 3.8) is 0 Å².